The molecule has 0 radical (unpaired) electrons. The van der Waals surface area contributed by atoms with Crippen molar-refractivity contribution in [1.29, 1.82) is 0 Å². The molecule has 36 heavy (non-hydrogen) atoms. The lowest BCUT2D eigenvalue weighted by molar-refractivity contribution is -0.137. The van der Waals surface area contributed by atoms with Crippen LogP contribution in [0, 0.1) is 0 Å². The second-order valence-corrected chi connectivity index (χ2v) is 8.87. The van der Waals surface area contributed by atoms with Gasteiger partial charge < -0.3 is 15.3 Å². The van der Waals surface area contributed by atoms with Crippen molar-refractivity contribution in [2.24, 2.45) is 0 Å². The molecule has 1 atom stereocenters. The molecule has 1 aliphatic heterocycles. The van der Waals surface area contributed by atoms with Gasteiger partial charge in [-0.2, -0.15) is 13.2 Å². The van der Waals surface area contributed by atoms with Crippen LogP contribution in [-0.2, 0) is 6.18 Å². The van der Waals surface area contributed by atoms with Gasteiger partial charge in [-0.15, -0.1) is 0 Å². The van der Waals surface area contributed by atoms with E-state index in [1.165, 1.54) is 11.8 Å². The maximum Gasteiger partial charge on any atom is 0.417 e. The molecule has 3 aromatic rings. The number of carbonyl (C=O) groups is 1. The summed E-state index contributed by atoms with van der Waals surface area (Å²) in [7, 11) is 0. The Balaban J connectivity index is 1.86. The monoisotopic (exact) mass is 531 g/mol. The first-order valence-corrected chi connectivity index (χ1v) is 11.1. The van der Waals surface area contributed by atoms with E-state index >= 15 is 0 Å². The fourth-order valence-corrected chi connectivity index (χ4v) is 4.17. The summed E-state index contributed by atoms with van der Waals surface area (Å²) in [6.07, 6.45) is -3.26. The topological polar surface area (TPSA) is 99.8 Å². The number of anilines is 2. The van der Waals surface area contributed by atoms with Gasteiger partial charge in [0, 0.05) is 37.0 Å². The van der Waals surface area contributed by atoms with E-state index in [2.05, 4.69) is 15.3 Å². The highest BCUT2D eigenvalue weighted by Gasteiger charge is 2.37. The number of rotatable bonds is 5. The third-order valence-corrected chi connectivity index (χ3v) is 5.93. The number of alkyl halides is 5. The Morgan fingerprint density at radius 3 is 2.64 bits per heavy atom. The summed E-state index contributed by atoms with van der Waals surface area (Å²) in [4.78, 5) is 33.8. The van der Waals surface area contributed by atoms with Gasteiger partial charge in [0.2, 0.25) is 0 Å². The summed E-state index contributed by atoms with van der Waals surface area (Å²) in [5.41, 5.74) is -2.69. The fraction of sp³-hybridized carbons (Fsp3) is 0.364. The molecular weight excluding hydrogens is 513 g/mol. The van der Waals surface area contributed by atoms with E-state index in [9.17, 15) is 36.6 Å². The average Bonchev–Trinajstić information content (AvgIpc) is 2.78. The van der Waals surface area contributed by atoms with Gasteiger partial charge >= 0.3 is 12.1 Å². The molecule has 1 saturated heterocycles. The lowest BCUT2D eigenvalue weighted by atomic mass is 10.1. The summed E-state index contributed by atoms with van der Waals surface area (Å²) in [6, 6.07) is 1.76. The van der Waals surface area contributed by atoms with Gasteiger partial charge in [0.15, 0.2) is 0 Å². The van der Waals surface area contributed by atoms with Crippen LogP contribution in [0.2, 0.25) is 5.02 Å². The molecule has 1 aliphatic rings. The van der Waals surface area contributed by atoms with Crippen LogP contribution in [-0.4, -0.2) is 44.5 Å². The van der Waals surface area contributed by atoms with Crippen molar-refractivity contribution in [3.63, 3.8) is 0 Å². The summed E-state index contributed by atoms with van der Waals surface area (Å²) in [6.45, 7) is 0.931. The third kappa shape index (κ3) is 5.20. The number of halogens is 6. The minimum absolute atomic E-state index is 0.0336. The Hall–Kier alpha value is -3.48. The Bertz CT molecular complexity index is 1390. The molecule has 0 aromatic carbocycles. The van der Waals surface area contributed by atoms with E-state index in [0.717, 1.165) is 24.4 Å². The number of piperidine rings is 1. The van der Waals surface area contributed by atoms with Gasteiger partial charge in [0.25, 0.3) is 11.5 Å². The van der Waals surface area contributed by atoms with E-state index < -0.39 is 41.8 Å². The predicted molar refractivity (Wildman–Crippen MR) is 121 cm³/mol. The molecule has 0 unspecified atom stereocenters. The van der Waals surface area contributed by atoms with Crippen molar-refractivity contribution in [3.8, 4) is 0 Å². The van der Waals surface area contributed by atoms with Crippen molar-refractivity contribution < 1.29 is 31.9 Å². The average molecular weight is 532 g/mol. The first kappa shape index (κ1) is 25.6. The van der Waals surface area contributed by atoms with Crippen molar-refractivity contribution >= 4 is 34.9 Å². The van der Waals surface area contributed by atoms with Gasteiger partial charge in [0.05, 0.1) is 23.2 Å². The summed E-state index contributed by atoms with van der Waals surface area (Å²) >= 11 is 5.81. The molecule has 14 heteroatoms. The van der Waals surface area contributed by atoms with Crippen molar-refractivity contribution in [3.05, 3.63) is 62.7 Å². The molecule has 0 spiro atoms. The summed E-state index contributed by atoms with van der Waals surface area (Å²) in [5.74, 6) is -4.65. The van der Waals surface area contributed by atoms with E-state index in [-0.39, 0.29) is 52.8 Å². The maximum absolute atomic E-state index is 14.0. The summed E-state index contributed by atoms with van der Waals surface area (Å²) in [5, 5.41) is 12.2. The molecule has 0 saturated carbocycles. The minimum Gasteiger partial charge on any atom is -0.478 e. The highest BCUT2D eigenvalue weighted by Crippen LogP contribution is 2.34. The Labute approximate surface area is 205 Å². The van der Waals surface area contributed by atoms with E-state index in [0.29, 0.717) is 10.6 Å². The first-order valence-electron chi connectivity index (χ1n) is 10.7. The molecule has 192 valence electrons. The van der Waals surface area contributed by atoms with E-state index in [4.69, 9.17) is 11.6 Å². The lowest BCUT2D eigenvalue weighted by Crippen LogP contribution is -2.43. The number of fused-ring (bicyclic) bond motifs is 1. The van der Waals surface area contributed by atoms with Crippen LogP contribution in [0.3, 0.4) is 0 Å². The molecule has 0 aliphatic carbocycles. The number of nitrogens with one attached hydrogen (secondary N) is 1. The molecule has 8 nitrogen and oxygen atoms in total. The van der Waals surface area contributed by atoms with Crippen LogP contribution in [0.1, 0.15) is 47.3 Å². The van der Waals surface area contributed by atoms with Crippen molar-refractivity contribution in [2.75, 3.05) is 23.3 Å². The Kier molecular flexibility index (Phi) is 6.54. The number of hydrogen-bond acceptors (Lipinski definition) is 6. The van der Waals surface area contributed by atoms with Crippen LogP contribution in [0.25, 0.3) is 5.65 Å². The zero-order valence-electron chi connectivity index (χ0n) is 18.6. The molecule has 3 aromatic heterocycles. The van der Waals surface area contributed by atoms with Crippen LogP contribution in [0.5, 0.6) is 0 Å². The number of aromatic carboxylic acids is 1. The zero-order chi connectivity index (χ0) is 26.4. The lowest BCUT2D eigenvalue weighted by Gasteiger charge is -2.33. The van der Waals surface area contributed by atoms with Crippen LogP contribution in [0.4, 0.5) is 33.6 Å². The standard InChI is InChI=1S/C22H19ClF5N5O3/c1-11(30-18-15(20(35)36)6-13(23)8-29-18)14-5-12(22(26,27)28)9-33-17(34)7-16(31-19(14)33)32-4-2-3-21(24,25)10-32/h5-9,11H,2-4,10H2,1H3,(H,29,30)(H,35,36)/t11-/m1/s1. The second-order valence-electron chi connectivity index (χ2n) is 8.43. The minimum atomic E-state index is -4.82. The molecule has 2 N–H and O–H groups in total. The van der Waals surface area contributed by atoms with Crippen LogP contribution >= 0.6 is 11.6 Å². The third-order valence-electron chi connectivity index (χ3n) is 5.72. The number of pyridine rings is 2. The number of aromatic nitrogens is 3. The highest BCUT2D eigenvalue weighted by molar-refractivity contribution is 6.30. The second kappa shape index (κ2) is 9.19. The molecule has 4 heterocycles. The molecule has 4 rings (SSSR count). The number of hydrogen-bond donors (Lipinski definition) is 2. The van der Waals surface area contributed by atoms with Crippen LogP contribution in [0.15, 0.2) is 35.4 Å². The number of carboxylic acid groups (broad SMARTS) is 1. The molecule has 1 fully saturated rings. The maximum atomic E-state index is 14.0. The molecule has 0 bridgehead atoms. The summed E-state index contributed by atoms with van der Waals surface area (Å²) < 4.78 is 69.5. The zero-order valence-corrected chi connectivity index (χ0v) is 19.4. The SMILES string of the molecule is C[C@@H](Nc1ncc(Cl)cc1C(=O)O)c1cc(C(F)(F)F)cn2c(=O)cc(N3CCCC(F)(F)C3)nc12. The van der Waals surface area contributed by atoms with Gasteiger partial charge in [-0.3, -0.25) is 9.20 Å². The smallest absolute Gasteiger partial charge is 0.417 e. The Morgan fingerprint density at radius 1 is 1.28 bits per heavy atom. The van der Waals surface area contributed by atoms with E-state index in [1.54, 1.807) is 0 Å². The van der Waals surface area contributed by atoms with Crippen molar-refractivity contribution in [2.45, 2.75) is 37.9 Å². The molecule has 0 amide bonds. The van der Waals surface area contributed by atoms with E-state index in [1.807, 2.05) is 0 Å². The highest BCUT2D eigenvalue weighted by atomic mass is 35.5. The fourth-order valence-electron chi connectivity index (χ4n) is 4.01. The number of nitrogens with zero attached hydrogens (tertiary/aromatic N) is 4. The number of carboxylic acids is 1. The largest absolute Gasteiger partial charge is 0.478 e. The van der Waals surface area contributed by atoms with Crippen LogP contribution < -0.4 is 15.8 Å². The quantitative estimate of drug-likeness (QED) is 0.453. The van der Waals surface area contributed by atoms with Gasteiger partial charge in [-0.25, -0.2) is 23.5 Å². The van der Waals surface area contributed by atoms with Gasteiger partial charge in [-0.1, -0.05) is 11.6 Å². The van der Waals surface area contributed by atoms with Gasteiger partial charge in [-0.05, 0) is 25.5 Å². The normalized spacial score (nSPS) is 16.7. The van der Waals surface area contributed by atoms with Crippen molar-refractivity contribution in [1.82, 2.24) is 14.4 Å². The predicted octanol–water partition coefficient (Wildman–Crippen LogP) is 4.87. The van der Waals surface area contributed by atoms with Gasteiger partial charge in [0.1, 0.15) is 22.8 Å². The first-order chi connectivity index (χ1) is 16.7. The Morgan fingerprint density at radius 2 is 2.00 bits per heavy atom. The molecular formula is C22H19ClF5N5O3.